The van der Waals surface area contributed by atoms with Gasteiger partial charge in [-0.05, 0) is 19.2 Å². The van der Waals surface area contributed by atoms with Gasteiger partial charge in [0.1, 0.15) is 5.78 Å². The Labute approximate surface area is 117 Å². The molecule has 1 aromatic heterocycles. The number of benzene rings is 1. The minimum absolute atomic E-state index is 0.167. The Morgan fingerprint density at radius 3 is 3.10 bits per heavy atom. The van der Waals surface area contributed by atoms with Gasteiger partial charge in [0.2, 0.25) is 0 Å². The molecule has 3 rings (SSSR count). The van der Waals surface area contributed by atoms with Gasteiger partial charge in [0.15, 0.2) is 0 Å². The second kappa shape index (κ2) is 5.34. The summed E-state index contributed by atoms with van der Waals surface area (Å²) in [5.41, 5.74) is 1.90. The summed E-state index contributed by atoms with van der Waals surface area (Å²) in [4.78, 5) is 18.4. The second-order valence-corrected chi connectivity index (χ2v) is 5.54. The van der Waals surface area contributed by atoms with Crippen LogP contribution in [0.4, 0.5) is 0 Å². The monoisotopic (exact) mass is 273 g/mol. The number of likely N-dealkylation sites (tertiary alicyclic amines) is 1. The van der Waals surface area contributed by atoms with E-state index < -0.39 is 6.10 Å². The highest BCUT2D eigenvalue weighted by molar-refractivity contribution is 5.82. The lowest BCUT2D eigenvalue weighted by Gasteiger charge is -2.31. The van der Waals surface area contributed by atoms with Gasteiger partial charge in [-0.15, -0.1) is 0 Å². The highest BCUT2D eigenvalue weighted by Crippen LogP contribution is 2.19. The van der Waals surface area contributed by atoms with Crippen LogP contribution in [0.3, 0.4) is 0 Å². The number of hydrogen-bond donors (Lipinski definition) is 1. The average Bonchev–Trinajstić information content (AvgIpc) is 2.85. The topological polar surface area (TPSA) is 58.4 Å². The minimum Gasteiger partial charge on any atom is -0.390 e. The zero-order chi connectivity index (χ0) is 14.1. The highest BCUT2D eigenvalue weighted by Gasteiger charge is 2.31. The largest absolute Gasteiger partial charge is 0.390 e. The summed E-state index contributed by atoms with van der Waals surface area (Å²) < 4.78 is 1.92. The molecule has 5 nitrogen and oxygen atoms in total. The number of aliphatic hydroxyl groups is 1. The predicted molar refractivity (Wildman–Crippen MR) is 76.4 cm³/mol. The first kappa shape index (κ1) is 13.3. The molecule has 1 aliphatic heterocycles. The Morgan fingerprint density at radius 2 is 2.25 bits per heavy atom. The summed E-state index contributed by atoms with van der Waals surface area (Å²) in [6.45, 7) is 1.83. The lowest BCUT2D eigenvalue weighted by Crippen LogP contribution is -2.45. The molecule has 0 bridgehead atoms. The normalized spacial score (nSPS) is 22.3. The number of Topliss-reactive ketones (excluding diaryl/α,β-unsaturated/α-hetero) is 1. The van der Waals surface area contributed by atoms with E-state index in [2.05, 4.69) is 9.88 Å². The lowest BCUT2D eigenvalue weighted by atomic mass is 9.91. The fraction of sp³-hybridized carbons (Fsp3) is 0.467. The van der Waals surface area contributed by atoms with Crippen LogP contribution in [-0.2, 0) is 11.3 Å². The van der Waals surface area contributed by atoms with Crippen molar-refractivity contribution < 1.29 is 9.90 Å². The van der Waals surface area contributed by atoms with Crippen molar-refractivity contribution in [3.63, 3.8) is 0 Å². The van der Waals surface area contributed by atoms with E-state index >= 15 is 0 Å². The first-order chi connectivity index (χ1) is 9.65. The van der Waals surface area contributed by atoms with E-state index in [1.165, 1.54) is 0 Å². The van der Waals surface area contributed by atoms with Crippen LogP contribution in [-0.4, -0.2) is 51.6 Å². The number of aliphatic hydroxyl groups excluding tert-OH is 1. The number of para-hydroxylation sites is 2. The van der Waals surface area contributed by atoms with Gasteiger partial charge in [0, 0.05) is 19.5 Å². The molecule has 1 aliphatic rings. The van der Waals surface area contributed by atoms with Crippen molar-refractivity contribution in [3.05, 3.63) is 30.6 Å². The molecule has 0 aliphatic carbocycles. The summed E-state index contributed by atoms with van der Waals surface area (Å²) >= 11 is 0. The van der Waals surface area contributed by atoms with Crippen LogP contribution in [0.2, 0.25) is 0 Å². The molecule has 0 saturated carbocycles. The van der Waals surface area contributed by atoms with E-state index in [-0.39, 0.29) is 11.7 Å². The summed E-state index contributed by atoms with van der Waals surface area (Å²) in [6.07, 6.45) is 1.59. The number of piperidine rings is 1. The number of carbonyl (C=O) groups excluding carboxylic acids is 1. The average molecular weight is 273 g/mol. The number of hydrogen-bond acceptors (Lipinski definition) is 4. The molecule has 0 unspecified atom stereocenters. The quantitative estimate of drug-likeness (QED) is 0.903. The van der Waals surface area contributed by atoms with Crippen LogP contribution in [0.25, 0.3) is 11.0 Å². The van der Waals surface area contributed by atoms with Crippen molar-refractivity contribution in [1.82, 2.24) is 14.5 Å². The fourth-order valence-electron chi connectivity index (χ4n) is 2.84. The molecule has 2 atom stereocenters. The smallest absolute Gasteiger partial charge is 0.141 e. The Hall–Kier alpha value is -1.72. The Morgan fingerprint density at radius 1 is 1.45 bits per heavy atom. The van der Waals surface area contributed by atoms with Crippen molar-refractivity contribution in [3.8, 4) is 0 Å². The number of carbonyl (C=O) groups is 1. The summed E-state index contributed by atoms with van der Waals surface area (Å²) in [5, 5.41) is 10.4. The van der Waals surface area contributed by atoms with Gasteiger partial charge in [0.25, 0.3) is 0 Å². The van der Waals surface area contributed by atoms with Crippen molar-refractivity contribution in [1.29, 1.82) is 0 Å². The first-order valence-corrected chi connectivity index (χ1v) is 6.94. The number of aromatic nitrogens is 2. The summed E-state index contributed by atoms with van der Waals surface area (Å²) in [7, 11) is 1.98. The van der Waals surface area contributed by atoms with Gasteiger partial charge in [-0.3, -0.25) is 4.79 Å². The van der Waals surface area contributed by atoms with Gasteiger partial charge in [-0.2, -0.15) is 0 Å². The predicted octanol–water partition coefficient (Wildman–Crippen LogP) is 0.918. The highest BCUT2D eigenvalue weighted by atomic mass is 16.3. The van der Waals surface area contributed by atoms with Crippen LogP contribution in [0.15, 0.2) is 30.6 Å². The summed E-state index contributed by atoms with van der Waals surface area (Å²) in [6, 6.07) is 7.81. The van der Waals surface area contributed by atoms with Gasteiger partial charge < -0.3 is 14.6 Å². The Kier molecular flexibility index (Phi) is 3.54. The third-order valence-corrected chi connectivity index (χ3v) is 4.04. The van der Waals surface area contributed by atoms with E-state index in [9.17, 15) is 9.90 Å². The standard InChI is InChI=1S/C15H19N3O2/c1-17-7-6-14(19)11(8-17)15(20)9-18-10-16-12-4-2-3-5-13(12)18/h2-5,10-11,15,20H,6-9H2,1H3/t11-,15+/m1/s1. The molecule has 0 amide bonds. The molecule has 1 fully saturated rings. The van der Waals surface area contributed by atoms with E-state index in [1.807, 2.05) is 35.9 Å². The van der Waals surface area contributed by atoms with Crippen LogP contribution >= 0.6 is 0 Å². The van der Waals surface area contributed by atoms with Crippen LogP contribution in [0.1, 0.15) is 6.42 Å². The maximum atomic E-state index is 12.0. The van der Waals surface area contributed by atoms with Crippen molar-refractivity contribution in [2.75, 3.05) is 20.1 Å². The number of imidazole rings is 1. The molecule has 2 aromatic rings. The van der Waals surface area contributed by atoms with Gasteiger partial charge in [-0.1, -0.05) is 12.1 Å². The third kappa shape index (κ3) is 2.46. The fourth-order valence-corrected chi connectivity index (χ4v) is 2.84. The number of rotatable bonds is 3. The van der Waals surface area contributed by atoms with Gasteiger partial charge in [0.05, 0.1) is 35.9 Å². The lowest BCUT2D eigenvalue weighted by molar-refractivity contribution is -0.130. The van der Waals surface area contributed by atoms with E-state index in [1.54, 1.807) is 6.33 Å². The van der Waals surface area contributed by atoms with Gasteiger partial charge >= 0.3 is 0 Å². The summed E-state index contributed by atoms with van der Waals surface area (Å²) in [5.74, 6) is -0.130. The van der Waals surface area contributed by atoms with E-state index in [4.69, 9.17) is 0 Å². The second-order valence-electron chi connectivity index (χ2n) is 5.54. The zero-order valence-corrected chi connectivity index (χ0v) is 11.6. The van der Waals surface area contributed by atoms with Crippen molar-refractivity contribution in [2.24, 2.45) is 5.92 Å². The Balaban J connectivity index is 1.78. The Bertz CT molecular complexity index is 622. The van der Waals surface area contributed by atoms with E-state index in [0.717, 1.165) is 17.6 Å². The molecule has 20 heavy (non-hydrogen) atoms. The molecule has 0 radical (unpaired) electrons. The van der Waals surface area contributed by atoms with Crippen LogP contribution in [0.5, 0.6) is 0 Å². The molecular weight excluding hydrogens is 254 g/mol. The SMILES string of the molecule is CN1CCC(=O)[C@H]([C@@H](O)Cn2cnc3ccccc32)C1. The molecule has 1 N–H and O–H groups in total. The van der Waals surface area contributed by atoms with E-state index in [0.29, 0.717) is 19.5 Å². The molecule has 2 heterocycles. The number of ketones is 1. The maximum Gasteiger partial charge on any atom is 0.141 e. The maximum absolute atomic E-state index is 12.0. The molecule has 5 heteroatoms. The van der Waals surface area contributed by atoms with Gasteiger partial charge in [-0.25, -0.2) is 4.98 Å². The van der Waals surface area contributed by atoms with Crippen molar-refractivity contribution >= 4 is 16.8 Å². The zero-order valence-electron chi connectivity index (χ0n) is 11.6. The minimum atomic E-state index is -0.664. The van der Waals surface area contributed by atoms with Crippen molar-refractivity contribution in [2.45, 2.75) is 19.1 Å². The van der Waals surface area contributed by atoms with Crippen LogP contribution < -0.4 is 0 Å². The molecule has 1 aromatic carbocycles. The number of nitrogens with zero attached hydrogens (tertiary/aromatic N) is 3. The number of fused-ring (bicyclic) bond motifs is 1. The molecule has 0 spiro atoms. The first-order valence-electron chi connectivity index (χ1n) is 6.94. The molecule has 106 valence electrons. The van der Waals surface area contributed by atoms with Crippen LogP contribution in [0, 0.1) is 5.92 Å². The molecule has 1 saturated heterocycles. The molecular formula is C15H19N3O2. The third-order valence-electron chi connectivity index (χ3n) is 4.04.